The molecule has 0 fully saturated rings. The summed E-state index contributed by atoms with van der Waals surface area (Å²) in [4.78, 5) is 13.5. The minimum absolute atomic E-state index is 0.0322. The highest BCUT2D eigenvalue weighted by atomic mass is 127. The van der Waals surface area contributed by atoms with Crippen LogP contribution in [0.25, 0.3) is 0 Å². The molecule has 0 N–H and O–H groups in total. The molecule has 1 amide bonds. The predicted molar refractivity (Wildman–Crippen MR) is 66.3 cm³/mol. The quantitative estimate of drug-likeness (QED) is 0.804. The van der Waals surface area contributed by atoms with E-state index in [9.17, 15) is 4.79 Å². The third kappa shape index (κ3) is 3.20. The third-order valence-electron chi connectivity index (χ3n) is 2.01. The zero-order valence-corrected chi connectivity index (χ0v) is 10.6. The number of hydrogen-bond acceptors (Lipinski definition) is 2. The summed E-state index contributed by atoms with van der Waals surface area (Å²) in [6.45, 7) is 0.473. The minimum Gasteiger partial charge on any atom is -0.341 e. The molecule has 0 bridgehead atoms. The summed E-state index contributed by atoms with van der Waals surface area (Å²) in [6.07, 6.45) is 0.367. The van der Waals surface area contributed by atoms with Gasteiger partial charge in [-0.2, -0.15) is 5.26 Å². The Bertz CT molecular complexity index is 398. The van der Waals surface area contributed by atoms with E-state index >= 15 is 0 Å². The molecule has 0 atom stereocenters. The van der Waals surface area contributed by atoms with Crippen LogP contribution in [0, 0.1) is 14.9 Å². The number of nitriles is 1. The van der Waals surface area contributed by atoms with Gasteiger partial charge in [-0.15, -0.1) is 0 Å². The Balaban J connectivity index is 2.77. The molecule has 0 aliphatic heterocycles. The maximum absolute atomic E-state index is 11.9. The molecule has 0 unspecified atom stereocenters. The lowest BCUT2D eigenvalue weighted by molar-refractivity contribution is 0.0797. The fourth-order valence-corrected chi connectivity index (χ4v) is 1.78. The first-order valence-electron chi connectivity index (χ1n) is 4.53. The number of carbonyl (C=O) groups is 1. The summed E-state index contributed by atoms with van der Waals surface area (Å²) in [5.41, 5.74) is 0.693. The zero-order chi connectivity index (χ0) is 11.3. The first-order valence-corrected chi connectivity index (χ1v) is 5.61. The van der Waals surface area contributed by atoms with E-state index in [2.05, 4.69) is 22.6 Å². The van der Waals surface area contributed by atoms with Crippen LogP contribution in [-0.4, -0.2) is 24.4 Å². The normalized spacial score (nSPS) is 9.40. The largest absolute Gasteiger partial charge is 0.341 e. The highest BCUT2D eigenvalue weighted by Gasteiger charge is 2.13. The molecule has 3 nitrogen and oxygen atoms in total. The molecule has 0 aliphatic rings. The van der Waals surface area contributed by atoms with E-state index in [0.29, 0.717) is 18.5 Å². The Morgan fingerprint density at radius 3 is 2.80 bits per heavy atom. The topological polar surface area (TPSA) is 44.1 Å². The van der Waals surface area contributed by atoms with Crippen molar-refractivity contribution in [2.75, 3.05) is 13.6 Å². The molecule has 0 aliphatic carbocycles. The van der Waals surface area contributed by atoms with Crippen molar-refractivity contribution in [3.63, 3.8) is 0 Å². The van der Waals surface area contributed by atoms with E-state index in [1.165, 1.54) is 0 Å². The number of rotatable bonds is 3. The summed E-state index contributed by atoms with van der Waals surface area (Å²) >= 11 is 2.13. The van der Waals surface area contributed by atoms with Crippen LogP contribution in [0.15, 0.2) is 24.3 Å². The smallest absolute Gasteiger partial charge is 0.254 e. The van der Waals surface area contributed by atoms with Gasteiger partial charge in [0.2, 0.25) is 0 Å². The number of halogens is 1. The van der Waals surface area contributed by atoms with Crippen LogP contribution in [0.2, 0.25) is 0 Å². The van der Waals surface area contributed by atoms with Crippen LogP contribution in [-0.2, 0) is 0 Å². The van der Waals surface area contributed by atoms with Crippen LogP contribution >= 0.6 is 22.6 Å². The fourth-order valence-electron chi connectivity index (χ4n) is 1.16. The van der Waals surface area contributed by atoms with Crippen molar-refractivity contribution in [1.29, 1.82) is 5.26 Å². The summed E-state index contributed by atoms with van der Waals surface area (Å²) in [6, 6.07) is 9.45. The molecule has 15 heavy (non-hydrogen) atoms. The number of carbonyl (C=O) groups excluding carboxylic acids is 1. The molecule has 78 valence electrons. The lowest BCUT2D eigenvalue weighted by Gasteiger charge is -2.16. The molecule has 0 aromatic heterocycles. The van der Waals surface area contributed by atoms with Crippen molar-refractivity contribution in [3.05, 3.63) is 33.4 Å². The average molecular weight is 314 g/mol. The van der Waals surface area contributed by atoms with Gasteiger partial charge in [0, 0.05) is 17.2 Å². The molecule has 0 saturated carbocycles. The van der Waals surface area contributed by atoms with Crippen molar-refractivity contribution in [2.45, 2.75) is 6.42 Å². The van der Waals surface area contributed by atoms with Gasteiger partial charge in [0.1, 0.15) is 0 Å². The first-order chi connectivity index (χ1) is 7.16. The average Bonchev–Trinajstić information content (AvgIpc) is 2.25. The van der Waals surface area contributed by atoms with Gasteiger partial charge in [0.15, 0.2) is 0 Å². The second-order valence-electron chi connectivity index (χ2n) is 3.11. The summed E-state index contributed by atoms with van der Waals surface area (Å²) in [5, 5.41) is 8.43. The van der Waals surface area contributed by atoms with E-state index in [1.54, 1.807) is 18.0 Å². The Morgan fingerprint density at radius 1 is 1.53 bits per heavy atom. The number of hydrogen-bond donors (Lipinski definition) is 0. The van der Waals surface area contributed by atoms with Crippen LogP contribution in [0.5, 0.6) is 0 Å². The van der Waals surface area contributed by atoms with E-state index in [0.717, 1.165) is 3.57 Å². The van der Waals surface area contributed by atoms with Gasteiger partial charge in [-0.1, -0.05) is 12.1 Å². The minimum atomic E-state index is -0.0322. The van der Waals surface area contributed by atoms with E-state index in [4.69, 9.17) is 5.26 Å². The molecular weight excluding hydrogens is 303 g/mol. The van der Waals surface area contributed by atoms with Crippen molar-refractivity contribution in [3.8, 4) is 6.07 Å². The third-order valence-corrected chi connectivity index (χ3v) is 2.95. The fraction of sp³-hybridized carbons (Fsp3) is 0.273. The van der Waals surface area contributed by atoms with Crippen molar-refractivity contribution in [1.82, 2.24) is 4.90 Å². The second-order valence-corrected chi connectivity index (χ2v) is 4.28. The molecule has 0 saturated heterocycles. The van der Waals surface area contributed by atoms with Crippen LogP contribution in [0.1, 0.15) is 16.8 Å². The lowest BCUT2D eigenvalue weighted by atomic mass is 10.2. The molecule has 1 aromatic rings. The Morgan fingerprint density at radius 2 is 2.20 bits per heavy atom. The molecule has 0 spiro atoms. The maximum atomic E-state index is 11.9. The standard InChI is InChI=1S/C11H11IN2O/c1-14(8-4-7-13)11(15)9-5-2-3-6-10(9)12/h2-3,5-6H,4,8H2,1H3. The lowest BCUT2D eigenvalue weighted by Crippen LogP contribution is -2.28. The van der Waals surface area contributed by atoms with Gasteiger partial charge in [-0.05, 0) is 34.7 Å². The number of nitrogens with zero attached hydrogens (tertiary/aromatic N) is 2. The van der Waals surface area contributed by atoms with Crippen LogP contribution in [0.4, 0.5) is 0 Å². The molecule has 1 aromatic carbocycles. The van der Waals surface area contributed by atoms with E-state index in [-0.39, 0.29) is 5.91 Å². The molecule has 4 heteroatoms. The molecule has 0 heterocycles. The van der Waals surface area contributed by atoms with Crippen LogP contribution < -0.4 is 0 Å². The van der Waals surface area contributed by atoms with Gasteiger partial charge in [-0.25, -0.2) is 0 Å². The van der Waals surface area contributed by atoms with Gasteiger partial charge in [-0.3, -0.25) is 4.79 Å². The molecule has 0 radical (unpaired) electrons. The van der Waals surface area contributed by atoms with Crippen molar-refractivity contribution in [2.24, 2.45) is 0 Å². The summed E-state index contributed by atoms with van der Waals surface area (Å²) < 4.78 is 0.934. The zero-order valence-electron chi connectivity index (χ0n) is 8.40. The maximum Gasteiger partial charge on any atom is 0.254 e. The van der Waals surface area contributed by atoms with E-state index < -0.39 is 0 Å². The number of amides is 1. The molecular formula is C11H11IN2O. The van der Waals surface area contributed by atoms with Gasteiger partial charge >= 0.3 is 0 Å². The van der Waals surface area contributed by atoms with E-state index in [1.807, 2.05) is 24.3 Å². The highest BCUT2D eigenvalue weighted by Crippen LogP contribution is 2.13. The van der Waals surface area contributed by atoms with Gasteiger partial charge in [0.05, 0.1) is 18.1 Å². The Kier molecular flexibility index (Phi) is 4.56. The van der Waals surface area contributed by atoms with Gasteiger partial charge < -0.3 is 4.90 Å². The first kappa shape index (κ1) is 12.0. The van der Waals surface area contributed by atoms with Gasteiger partial charge in [0.25, 0.3) is 5.91 Å². The summed E-state index contributed by atoms with van der Waals surface area (Å²) in [5.74, 6) is -0.0322. The second kappa shape index (κ2) is 5.71. The number of benzene rings is 1. The Hall–Kier alpha value is -1.09. The predicted octanol–water partition coefficient (Wildman–Crippen LogP) is 2.28. The van der Waals surface area contributed by atoms with Crippen molar-refractivity contribution < 1.29 is 4.79 Å². The SMILES string of the molecule is CN(CCC#N)C(=O)c1ccccc1I. The Labute approximate surface area is 103 Å². The van der Waals surface area contributed by atoms with Crippen molar-refractivity contribution >= 4 is 28.5 Å². The summed E-state index contributed by atoms with van der Waals surface area (Å²) in [7, 11) is 1.71. The highest BCUT2D eigenvalue weighted by molar-refractivity contribution is 14.1. The monoisotopic (exact) mass is 314 g/mol. The molecule has 1 rings (SSSR count). The van der Waals surface area contributed by atoms with Crippen LogP contribution in [0.3, 0.4) is 0 Å².